The summed E-state index contributed by atoms with van der Waals surface area (Å²) in [6.07, 6.45) is -0.176. The lowest BCUT2D eigenvalue weighted by Gasteiger charge is -2.33. The zero-order valence-electron chi connectivity index (χ0n) is 19.6. The van der Waals surface area contributed by atoms with E-state index in [2.05, 4.69) is 29.6 Å². The van der Waals surface area contributed by atoms with E-state index < -0.39 is 23.5 Å². The number of hydrogen-bond acceptors (Lipinski definition) is 4. The summed E-state index contributed by atoms with van der Waals surface area (Å²) < 4.78 is 5.53. The number of hydrogen-bond donors (Lipinski definition) is 2. The maximum atomic E-state index is 12.9. The van der Waals surface area contributed by atoms with Crippen LogP contribution in [0.25, 0.3) is 11.1 Å². The first-order chi connectivity index (χ1) is 15.7. The minimum atomic E-state index is -1.04. The van der Waals surface area contributed by atoms with Crippen molar-refractivity contribution in [2.24, 2.45) is 5.41 Å². The third-order valence-electron chi connectivity index (χ3n) is 6.37. The molecule has 2 aromatic carbocycles. The molecule has 1 aliphatic rings. The Morgan fingerprint density at radius 1 is 1.06 bits per heavy atom. The number of amides is 2. The molecule has 0 bridgehead atoms. The number of aliphatic carboxylic acids is 1. The Balaban J connectivity index is 1.54. The standard InChI is InChI=1S/C26H32N2O5/c1-5-28(17(2)23(29)30)24(31)26(3,4)14-15-27-25(32)33-16-22-20-12-8-6-10-18(20)19-11-7-9-13-21(19)22/h6-13,17,22H,5,14-16H2,1-4H3,(H,27,32)(H,29,30). The van der Waals surface area contributed by atoms with Crippen LogP contribution in [0.2, 0.25) is 0 Å². The van der Waals surface area contributed by atoms with Crippen LogP contribution in [0.15, 0.2) is 48.5 Å². The third-order valence-corrected chi connectivity index (χ3v) is 6.37. The first-order valence-electron chi connectivity index (χ1n) is 11.3. The molecular formula is C26H32N2O5. The minimum absolute atomic E-state index is 0.0169. The van der Waals surface area contributed by atoms with E-state index >= 15 is 0 Å². The van der Waals surface area contributed by atoms with E-state index in [4.69, 9.17) is 4.74 Å². The van der Waals surface area contributed by atoms with Crippen LogP contribution in [-0.4, -0.2) is 53.7 Å². The van der Waals surface area contributed by atoms with Crippen molar-refractivity contribution in [2.45, 2.75) is 46.1 Å². The quantitative estimate of drug-likeness (QED) is 0.593. The highest BCUT2D eigenvalue weighted by Gasteiger charge is 2.35. The summed E-state index contributed by atoms with van der Waals surface area (Å²) in [5, 5.41) is 12.0. The Morgan fingerprint density at radius 3 is 2.12 bits per heavy atom. The molecule has 7 heteroatoms. The summed E-state index contributed by atoms with van der Waals surface area (Å²) in [6.45, 7) is 7.53. The van der Waals surface area contributed by atoms with Gasteiger partial charge in [0.1, 0.15) is 12.6 Å². The molecule has 0 radical (unpaired) electrons. The van der Waals surface area contributed by atoms with Crippen LogP contribution < -0.4 is 5.32 Å². The second-order valence-electron chi connectivity index (χ2n) is 8.99. The fourth-order valence-corrected chi connectivity index (χ4v) is 4.35. The summed E-state index contributed by atoms with van der Waals surface area (Å²) >= 11 is 0. The Morgan fingerprint density at radius 2 is 1.61 bits per heavy atom. The van der Waals surface area contributed by atoms with Crippen LogP contribution in [0.5, 0.6) is 0 Å². The van der Waals surface area contributed by atoms with Gasteiger partial charge in [-0.2, -0.15) is 0 Å². The number of nitrogens with one attached hydrogen (secondary N) is 1. The first kappa shape index (κ1) is 24.3. The summed E-state index contributed by atoms with van der Waals surface area (Å²) in [5.41, 5.74) is 3.80. The van der Waals surface area contributed by atoms with E-state index in [1.54, 1.807) is 20.8 Å². The summed E-state index contributed by atoms with van der Waals surface area (Å²) in [4.78, 5) is 37.9. The van der Waals surface area contributed by atoms with Gasteiger partial charge in [0.15, 0.2) is 0 Å². The number of likely N-dealkylation sites (N-methyl/N-ethyl adjacent to an activating group) is 1. The van der Waals surface area contributed by atoms with Gasteiger partial charge in [0.05, 0.1) is 0 Å². The van der Waals surface area contributed by atoms with Crippen molar-refractivity contribution in [3.05, 3.63) is 59.7 Å². The minimum Gasteiger partial charge on any atom is -0.480 e. The van der Waals surface area contributed by atoms with Crippen molar-refractivity contribution in [3.8, 4) is 11.1 Å². The van der Waals surface area contributed by atoms with Crippen molar-refractivity contribution in [1.29, 1.82) is 0 Å². The Hall–Kier alpha value is -3.35. The van der Waals surface area contributed by atoms with Gasteiger partial charge >= 0.3 is 12.1 Å². The molecule has 0 spiro atoms. The average molecular weight is 453 g/mol. The molecule has 1 aliphatic carbocycles. The lowest BCUT2D eigenvalue weighted by atomic mass is 9.87. The predicted molar refractivity (Wildman–Crippen MR) is 126 cm³/mol. The van der Waals surface area contributed by atoms with Gasteiger partial charge in [-0.3, -0.25) is 4.79 Å². The van der Waals surface area contributed by atoms with E-state index in [0.29, 0.717) is 13.0 Å². The summed E-state index contributed by atoms with van der Waals surface area (Å²) in [5.74, 6) is -1.32. The van der Waals surface area contributed by atoms with Gasteiger partial charge in [-0.15, -0.1) is 0 Å². The number of benzene rings is 2. The van der Waals surface area contributed by atoms with E-state index in [9.17, 15) is 19.5 Å². The number of ether oxygens (including phenoxy) is 1. The topological polar surface area (TPSA) is 95.9 Å². The highest BCUT2D eigenvalue weighted by Crippen LogP contribution is 2.44. The van der Waals surface area contributed by atoms with Gasteiger partial charge in [-0.1, -0.05) is 62.4 Å². The van der Waals surface area contributed by atoms with E-state index in [0.717, 1.165) is 11.1 Å². The molecule has 0 saturated heterocycles. The van der Waals surface area contributed by atoms with Gasteiger partial charge in [0.25, 0.3) is 0 Å². The van der Waals surface area contributed by atoms with Gasteiger partial charge in [-0.05, 0) is 42.5 Å². The second-order valence-corrected chi connectivity index (χ2v) is 8.99. The average Bonchev–Trinajstić information content (AvgIpc) is 3.11. The zero-order chi connectivity index (χ0) is 24.2. The van der Waals surface area contributed by atoms with Crippen molar-refractivity contribution in [3.63, 3.8) is 0 Å². The SMILES string of the molecule is CCN(C(=O)C(C)(C)CCNC(=O)OCC1c2ccccc2-c2ccccc21)C(C)C(=O)O. The van der Waals surface area contributed by atoms with Gasteiger partial charge in [0, 0.05) is 24.4 Å². The maximum absolute atomic E-state index is 12.9. The molecule has 0 aliphatic heterocycles. The number of carbonyl (C=O) groups is 3. The number of carboxylic acid groups (broad SMARTS) is 1. The predicted octanol–water partition coefficient (Wildman–Crippen LogP) is 4.26. The van der Waals surface area contributed by atoms with Crippen molar-refractivity contribution in [1.82, 2.24) is 10.2 Å². The molecule has 2 aromatic rings. The summed E-state index contributed by atoms with van der Waals surface area (Å²) in [7, 11) is 0. The van der Waals surface area contributed by atoms with Crippen LogP contribution >= 0.6 is 0 Å². The largest absolute Gasteiger partial charge is 0.480 e. The number of fused-ring (bicyclic) bond motifs is 3. The number of alkyl carbamates (subject to hydrolysis) is 1. The smallest absolute Gasteiger partial charge is 0.407 e. The molecule has 0 heterocycles. The Bertz CT molecular complexity index is 987. The molecule has 1 atom stereocenters. The zero-order valence-corrected chi connectivity index (χ0v) is 19.6. The lowest BCUT2D eigenvalue weighted by molar-refractivity contribution is -0.153. The van der Waals surface area contributed by atoms with Crippen LogP contribution in [0.4, 0.5) is 4.79 Å². The molecule has 7 nitrogen and oxygen atoms in total. The normalized spacial score (nSPS) is 13.6. The second kappa shape index (κ2) is 10.1. The van der Waals surface area contributed by atoms with Gasteiger partial charge in [-0.25, -0.2) is 9.59 Å². The molecule has 0 fully saturated rings. The Kier molecular flexibility index (Phi) is 7.41. The number of rotatable bonds is 9. The molecular weight excluding hydrogens is 420 g/mol. The number of carbonyl (C=O) groups excluding carboxylic acids is 2. The highest BCUT2D eigenvalue weighted by atomic mass is 16.5. The molecule has 3 rings (SSSR count). The van der Waals surface area contributed by atoms with Crippen molar-refractivity contribution < 1.29 is 24.2 Å². The van der Waals surface area contributed by atoms with E-state index in [-0.39, 0.29) is 25.0 Å². The van der Waals surface area contributed by atoms with Crippen LogP contribution in [-0.2, 0) is 14.3 Å². The Labute approximate surface area is 194 Å². The van der Waals surface area contributed by atoms with Gasteiger partial charge in [0.2, 0.25) is 5.91 Å². The molecule has 33 heavy (non-hydrogen) atoms. The van der Waals surface area contributed by atoms with E-state index in [1.807, 2.05) is 24.3 Å². The lowest BCUT2D eigenvalue weighted by Crippen LogP contribution is -2.49. The summed E-state index contributed by atoms with van der Waals surface area (Å²) in [6, 6.07) is 15.4. The molecule has 2 N–H and O–H groups in total. The third kappa shape index (κ3) is 5.18. The van der Waals surface area contributed by atoms with Crippen molar-refractivity contribution in [2.75, 3.05) is 19.7 Å². The van der Waals surface area contributed by atoms with Crippen LogP contribution in [0.3, 0.4) is 0 Å². The molecule has 0 saturated carbocycles. The van der Waals surface area contributed by atoms with E-state index in [1.165, 1.54) is 23.0 Å². The monoisotopic (exact) mass is 452 g/mol. The fourth-order valence-electron chi connectivity index (χ4n) is 4.35. The number of nitrogens with zero attached hydrogens (tertiary/aromatic N) is 1. The van der Waals surface area contributed by atoms with Gasteiger partial charge < -0.3 is 20.1 Å². The van der Waals surface area contributed by atoms with Crippen LogP contribution in [0.1, 0.15) is 51.2 Å². The number of carboxylic acids is 1. The van der Waals surface area contributed by atoms with Crippen LogP contribution in [0, 0.1) is 5.41 Å². The molecule has 176 valence electrons. The first-order valence-corrected chi connectivity index (χ1v) is 11.3. The fraction of sp³-hybridized carbons (Fsp3) is 0.423. The molecule has 2 amide bonds. The molecule has 1 unspecified atom stereocenters. The molecule has 0 aromatic heterocycles. The highest BCUT2D eigenvalue weighted by molar-refractivity contribution is 5.87. The van der Waals surface area contributed by atoms with Crippen molar-refractivity contribution >= 4 is 18.0 Å². The maximum Gasteiger partial charge on any atom is 0.407 e.